The topological polar surface area (TPSA) is 111 Å². The van der Waals surface area contributed by atoms with Crippen molar-refractivity contribution in [2.45, 2.75) is 88.4 Å². The van der Waals surface area contributed by atoms with E-state index in [1.807, 2.05) is 21.9 Å². The number of nitrogens with two attached hydrogens (primary N) is 1. The van der Waals surface area contributed by atoms with Crippen LogP contribution in [0.15, 0.2) is 36.4 Å². The Labute approximate surface area is 281 Å². The predicted molar refractivity (Wildman–Crippen MR) is 186 cm³/mol. The van der Waals surface area contributed by atoms with Crippen LogP contribution in [0, 0.1) is 11.8 Å². The van der Waals surface area contributed by atoms with Gasteiger partial charge in [0.2, 0.25) is 0 Å². The molecule has 3 N–H and O–H groups in total. The normalized spacial score (nSPS) is 24.5. The predicted octanol–water partition coefficient (Wildman–Crippen LogP) is 5.62. The van der Waals surface area contributed by atoms with E-state index in [9.17, 15) is 9.59 Å². The largest absolute Gasteiger partial charge is 0.494 e. The van der Waals surface area contributed by atoms with Crippen molar-refractivity contribution >= 4 is 33.9 Å². The van der Waals surface area contributed by atoms with Gasteiger partial charge in [-0.1, -0.05) is 18.2 Å². The van der Waals surface area contributed by atoms with Crippen LogP contribution in [0.3, 0.4) is 0 Å². The first-order valence-corrected chi connectivity index (χ1v) is 18.1. The fourth-order valence-corrected chi connectivity index (χ4v) is 8.89. The summed E-state index contributed by atoms with van der Waals surface area (Å²) in [6.07, 6.45) is 9.66. The molecule has 4 aromatic rings. The summed E-state index contributed by atoms with van der Waals surface area (Å²) < 4.78 is 10.6. The summed E-state index contributed by atoms with van der Waals surface area (Å²) in [5.74, 6) is 3.04. The van der Waals surface area contributed by atoms with Crippen LogP contribution in [0.25, 0.3) is 33.5 Å². The number of fused-ring (bicyclic) bond motifs is 5. The average molecular weight is 650 g/mol. The standard InChI is InChI=1S/C38H47N7O3/c1-42-35-31(16-26(18-33(35)48-2)37(46)44-21-25-8-11-28(44)19-30(25)39)41-36(42)32-17-24-4-3-5-29(34(24)45(32)20-22-6-7-22)23-12-14-43(15-13-23)38(47)40-27-9-10-27/h3-5,16-18,22-23,25,27-28,30H,6-15,19-21,39H2,1-2H3,(H,40,47)/t25-,28-,30+/m1/s1. The highest BCUT2D eigenvalue weighted by atomic mass is 16.5. The van der Waals surface area contributed by atoms with Gasteiger partial charge < -0.3 is 34.7 Å². The quantitative estimate of drug-likeness (QED) is 0.270. The Kier molecular flexibility index (Phi) is 7.22. The molecule has 2 bridgehead atoms. The molecular weight excluding hydrogens is 602 g/mol. The molecule has 3 aliphatic heterocycles. The number of para-hydroxylation sites is 1. The summed E-state index contributed by atoms with van der Waals surface area (Å²) in [6.45, 7) is 3.26. The number of amides is 3. The number of methoxy groups -OCH3 is 1. The third-order valence-corrected chi connectivity index (χ3v) is 12.0. The van der Waals surface area contributed by atoms with Crippen LogP contribution in [0.1, 0.15) is 79.6 Å². The van der Waals surface area contributed by atoms with Crippen LogP contribution < -0.4 is 15.8 Å². The summed E-state index contributed by atoms with van der Waals surface area (Å²) >= 11 is 0. The van der Waals surface area contributed by atoms with Gasteiger partial charge in [-0.15, -0.1) is 0 Å². The molecule has 3 aliphatic carbocycles. The molecule has 3 amide bonds. The number of hydrogen-bond donors (Lipinski definition) is 2. The molecule has 252 valence electrons. The van der Waals surface area contributed by atoms with Crippen molar-refractivity contribution in [1.82, 2.24) is 29.2 Å². The summed E-state index contributed by atoms with van der Waals surface area (Å²) in [5, 5.41) is 4.39. The molecule has 0 radical (unpaired) electrons. The number of nitrogens with one attached hydrogen (secondary N) is 1. The first kappa shape index (κ1) is 30.0. The van der Waals surface area contributed by atoms with Gasteiger partial charge in [0, 0.05) is 62.3 Å². The van der Waals surface area contributed by atoms with Crippen LogP contribution >= 0.6 is 0 Å². The molecule has 3 saturated carbocycles. The number of carbonyl (C=O) groups is 2. The van der Waals surface area contributed by atoms with Gasteiger partial charge >= 0.3 is 6.03 Å². The fraction of sp³-hybridized carbons (Fsp3) is 0.553. The van der Waals surface area contributed by atoms with Gasteiger partial charge in [0.25, 0.3) is 5.91 Å². The highest BCUT2D eigenvalue weighted by molar-refractivity contribution is 6.00. The van der Waals surface area contributed by atoms with Gasteiger partial charge in [0.15, 0.2) is 5.82 Å². The number of benzene rings is 2. The maximum Gasteiger partial charge on any atom is 0.317 e. The molecule has 6 aliphatic rings. The number of ether oxygens (including phenoxy) is 1. The first-order chi connectivity index (χ1) is 23.4. The Morgan fingerprint density at radius 3 is 2.50 bits per heavy atom. The highest BCUT2D eigenvalue weighted by Crippen LogP contribution is 2.42. The molecule has 10 rings (SSSR count). The lowest BCUT2D eigenvalue weighted by molar-refractivity contribution is 0.0261. The van der Waals surface area contributed by atoms with E-state index in [1.165, 1.54) is 29.3 Å². The van der Waals surface area contributed by atoms with Crippen molar-refractivity contribution in [2.75, 3.05) is 26.7 Å². The molecule has 5 heterocycles. The number of likely N-dealkylation sites (tertiary alicyclic amines) is 1. The second kappa shape index (κ2) is 11.5. The summed E-state index contributed by atoms with van der Waals surface area (Å²) in [7, 11) is 3.73. The lowest BCUT2D eigenvalue weighted by Gasteiger charge is -2.48. The minimum absolute atomic E-state index is 0.0487. The lowest BCUT2D eigenvalue weighted by atomic mass is 9.76. The van der Waals surface area contributed by atoms with Crippen LogP contribution in [0.2, 0.25) is 0 Å². The second-order valence-electron chi connectivity index (χ2n) is 15.2. The van der Waals surface area contributed by atoms with Crippen molar-refractivity contribution in [3.8, 4) is 17.3 Å². The average Bonchev–Trinajstić information content (AvgIpc) is 4.04. The van der Waals surface area contributed by atoms with Crippen molar-refractivity contribution < 1.29 is 14.3 Å². The second-order valence-corrected chi connectivity index (χ2v) is 15.2. The minimum atomic E-state index is 0.0487. The third kappa shape index (κ3) is 5.14. The van der Waals surface area contributed by atoms with E-state index in [2.05, 4.69) is 45.8 Å². The molecule has 6 fully saturated rings. The zero-order valence-corrected chi connectivity index (χ0v) is 28.2. The molecule has 10 nitrogen and oxygen atoms in total. The van der Waals surface area contributed by atoms with Crippen LogP contribution in [-0.2, 0) is 13.6 Å². The van der Waals surface area contributed by atoms with Crippen molar-refractivity contribution in [3.05, 3.63) is 47.5 Å². The van der Waals surface area contributed by atoms with E-state index in [-0.39, 0.29) is 24.0 Å². The first-order valence-electron chi connectivity index (χ1n) is 18.1. The third-order valence-electron chi connectivity index (χ3n) is 12.0. The fourth-order valence-electron chi connectivity index (χ4n) is 8.89. The van der Waals surface area contributed by atoms with Gasteiger partial charge in [-0.25, -0.2) is 9.78 Å². The number of aromatic nitrogens is 3. The van der Waals surface area contributed by atoms with E-state index in [0.29, 0.717) is 35.1 Å². The zero-order chi connectivity index (χ0) is 32.7. The van der Waals surface area contributed by atoms with Gasteiger partial charge in [0.05, 0.1) is 23.8 Å². The Balaban J connectivity index is 1.08. The number of piperidine rings is 3. The number of rotatable bonds is 7. The molecule has 3 saturated heterocycles. The highest BCUT2D eigenvalue weighted by Gasteiger charge is 2.41. The van der Waals surface area contributed by atoms with Gasteiger partial charge in [0.1, 0.15) is 11.3 Å². The zero-order valence-electron chi connectivity index (χ0n) is 28.2. The maximum absolute atomic E-state index is 13.9. The molecule has 10 heteroatoms. The van der Waals surface area contributed by atoms with Gasteiger partial charge in [-0.05, 0) is 99.3 Å². The maximum atomic E-state index is 13.9. The number of aryl methyl sites for hydroxylation is 1. The van der Waals surface area contributed by atoms with Crippen LogP contribution in [0.5, 0.6) is 5.75 Å². The minimum Gasteiger partial charge on any atom is -0.494 e. The number of imidazole rings is 1. The summed E-state index contributed by atoms with van der Waals surface area (Å²) in [5.41, 5.74) is 12.5. The molecule has 2 aromatic carbocycles. The van der Waals surface area contributed by atoms with E-state index in [1.54, 1.807) is 7.11 Å². The SMILES string of the molecule is COc1cc(C(=O)N2C[C@H]3CC[C@@H]2C[C@@H]3N)cc2nc(-c3cc4cccc(C5CCN(C(=O)NC6CC6)CC5)c4n3CC3CC3)n(C)c12. The van der Waals surface area contributed by atoms with E-state index < -0.39 is 0 Å². The molecule has 0 spiro atoms. The van der Waals surface area contributed by atoms with Crippen molar-refractivity contribution in [1.29, 1.82) is 0 Å². The number of urea groups is 1. The Hall–Kier alpha value is -4.05. The number of nitrogens with zero attached hydrogens (tertiary/aromatic N) is 5. The van der Waals surface area contributed by atoms with Crippen LogP contribution in [-0.4, -0.2) is 80.7 Å². The number of carbonyl (C=O) groups excluding carboxylic acids is 2. The van der Waals surface area contributed by atoms with Crippen LogP contribution in [0.4, 0.5) is 4.79 Å². The molecule has 48 heavy (non-hydrogen) atoms. The monoisotopic (exact) mass is 649 g/mol. The van der Waals surface area contributed by atoms with Gasteiger partial charge in [-0.3, -0.25) is 4.79 Å². The number of hydrogen-bond acceptors (Lipinski definition) is 5. The van der Waals surface area contributed by atoms with E-state index in [4.69, 9.17) is 15.5 Å². The smallest absolute Gasteiger partial charge is 0.317 e. The molecule has 2 aromatic heterocycles. The molecular formula is C38H47N7O3. The van der Waals surface area contributed by atoms with E-state index >= 15 is 0 Å². The lowest BCUT2D eigenvalue weighted by Crippen LogP contribution is -2.58. The summed E-state index contributed by atoms with van der Waals surface area (Å²) in [4.78, 5) is 36.0. The Morgan fingerprint density at radius 1 is 1.00 bits per heavy atom. The molecule has 0 unspecified atom stereocenters. The molecule has 3 atom stereocenters. The van der Waals surface area contributed by atoms with Gasteiger partial charge in [-0.2, -0.15) is 0 Å². The van der Waals surface area contributed by atoms with Crippen molar-refractivity contribution in [3.63, 3.8) is 0 Å². The van der Waals surface area contributed by atoms with E-state index in [0.717, 1.165) is 93.7 Å². The Bertz CT molecular complexity index is 1910. The summed E-state index contributed by atoms with van der Waals surface area (Å²) in [6, 6.07) is 13.7. The van der Waals surface area contributed by atoms with Crippen molar-refractivity contribution in [2.24, 2.45) is 24.6 Å². The Morgan fingerprint density at radius 2 is 1.81 bits per heavy atom.